The van der Waals surface area contributed by atoms with Crippen molar-refractivity contribution < 1.29 is 33.2 Å². The number of nitrogens with one attached hydrogen (secondary N) is 1. The summed E-state index contributed by atoms with van der Waals surface area (Å²) in [7, 11) is -4.48. The number of aryl methyl sites for hydroxylation is 1. The summed E-state index contributed by atoms with van der Waals surface area (Å²) in [5.41, 5.74) is 0.450. The number of carboxylic acid groups (broad SMARTS) is 1. The molecule has 0 radical (unpaired) electrons. The van der Waals surface area contributed by atoms with Crippen molar-refractivity contribution in [3.8, 4) is 5.75 Å². The average Bonchev–Trinajstić information content (AvgIpc) is 2.61. The van der Waals surface area contributed by atoms with Gasteiger partial charge in [-0.3, -0.25) is 14.9 Å². The van der Waals surface area contributed by atoms with Gasteiger partial charge < -0.3 is 14.2 Å². The largest absolute Gasteiger partial charge is 0.516 e. The van der Waals surface area contributed by atoms with Crippen molar-refractivity contribution in [2.75, 3.05) is 0 Å². The van der Waals surface area contributed by atoms with Gasteiger partial charge in [0.05, 0.1) is 10.5 Å². The number of rotatable bonds is 8. The predicted molar refractivity (Wildman–Crippen MR) is 98.2 cm³/mol. The second kappa shape index (κ2) is 8.64. The van der Waals surface area contributed by atoms with Gasteiger partial charge in [0.1, 0.15) is 11.8 Å². The van der Waals surface area contributed by atoms with Crippen LogP contribution >= 0.6 is 7.75 Å². The second-order valence-corrected chi connectivity index (χ2v) is 7.34. The molecular formula is C17H17N2O8P. The van der Waals surface area contributed by atoms with Gasteiger partial charge in [-0.25, -0.2) is 9.36 Å². The summed E-state index contributed by atoms with van der Waals surface area (Å²) in [5.74, 6) is -2.44. The van der Waals surface area contributed by atoms with Gasteiger partial charge in [-0.15, -0.1) is 0 Å². The Labute approximate surface area is 159 Å². The molecule has 11 heteroatoms. The third-order valence-electron chi connectivity index (χ3n) is 3.56. The van der Waals surface area contributed by atoms with Crippen LogP contribution in [0.5, 0.6) is 5.75 Å². The SMILES string of the molecule is Cc1ccccc1C(=O)OP(=O)(N[C@@H](C)C(=O)O)Oc1ccc([N+](=O)[O-])cc1. The van der Waals surface area contributed by atoms with Gasteiger partial charge in [-0.1, -0.05) is 18.2 Å². The molecule has 0 aliphatic carbocycles. The van der Waals surface area contributed by atoms with Crippen molar-refractivity contribution in [3.05, 3.63) is 69.8 Å². The molecule has 2 aromatic carbocycles. The van der Waals surface area contributed by atoms with E-state index in [1.165, 1.54) is 13.0 Å². The van der Waals surface area contributed by atoms with Crippen molar-refractivity contribution in [3.63, 3.8) is 0 Å². The Hall–Kier alpha value is -3.23. The lowest BCUT2D eigenvalue weighted by Crippen LogP contribution is -2.34. The first-order valence-electron chi connectivity index (χ1n) is 7.95. The van der Waals surface area contributed by atoms with E-state index in [0.29, 0.717) is 5.56 Å². The molecular weight excluding hydrogens is 391 g/mol. The average molecular weight is 408 g/mol. The van der Waals surface area contributed by atoms with Crippen LogP contribution in [0.3, 0.4) is 0 Å². The van der Waals surface area contributed by atoms with Crippen LogP contribution in [0, 0.1) is 17.0 Å². The Morgan fingerprint density at radius 2 is 1.79 bits per heavy atom. The lowest BCUT2D eigenvalue weighted by atomic mass is 10.1. The summed E-state index contributed by atoms with van der Waals surface area (Å²) in [5, 5.41) is 21.9. The third-order valence-corrected chi connectivity index (χ3v) is 5.12. The van der Waals surface area contributed by atoms with Crippen molar-refractivity contribution in [2.24, 2.45) is 0 Å². The van der Waals surface area contributed by atoms with Crippen molar-refractivity contribution in [1.29, 1.82) is 0 Å². The van der Waals surface area contributed by atoms with Crippen LogP contribution in [0.2, 0.25) is 0 Å². The van der Waals surface area contributed by atoms with E-state index in [1.807, 2.05) is 0 Å². The smallest absolute Gasteiger partial charge is 0.480 e. The normalized spacial score (nSPS) is 13.8. The molecule has 0 heterocycles. The molecule has 0 aliphatic rings. The van der Waals surface area contributed by atoms with Crippen molar-refractivity contribution in [2.45, 2.75) is 19.9 Å². The lowest BCUT2D eigenvalue weighted by Gasteiger charge is -2.21. The Balaban J connectivity index is 2.30. The zero-order chi connectivity index (χ0) is 20.9. The number of benzene rings is 2. The summed E-state index contributed by atoms with van der Waals surface area (Å²) in [6.45, 7) is 2.84. The molecule has 0 saturated carbocycles. The van der Waals surface area contributed by atoms with Gasteiger partial charge in [-0.05, 0) is 37.6 Å². The van der Waals surface area contributed by atoms with Crippen LogP contribution < -0.4 is 9.61 Å². The molecule has 0 fully saturated rings. The van der Waals surface area contributed by atoms with Crippen LogP contribution in [0.1, 0.15) is 22.8 Å². The summed E-state index contributed by atoms with van der Waals surface area (Å²) < 4.78 is 23.2. The van der Waals surface area contributed by atoms with Crippen LogP contribution in [0.15, 0.2) is 48.5 Å². The van der Waals surface area contributed by atoms with Crippen LogP contribution in [0.4, 0.5) is 5.69 Å². The van der Waals surface area contributed by atoms with Gasteiger partial charge in [0.2, 0.25) is 0 Å². The molecule has 0 aromatic heterocycles. The first-order valence-corrected chi connectivity index (χ1v) is 9.50. The van der Waals surface area contributed by atoms with E-state index in [-0.39, 0.29) is 17.0 Å². The molecule has 0 spiro atoms. The highest BCUT2D eigenvalue weighted by Gasteiger charge is 2.35. The molecule has 0 amide bonds. The molecule has 2 atom stereocenters. The Bertz CT molecular complexity index is 944. The van der Waals surface area contributed by atoms with Gasteiger partial charge in [0.25, 0.3) is 5.69 Å². The lowest BCUT2D eigenvalue weighted by molar-refractivity contribution is -0.384. The predicted octanol–water partition coefficient (Wildman–Crippen LogP) is 3.31. The van der Waals surface area contributed by atoms with Crippen molar-refractivity contribution in [1.82, 2.24) is 5.09 Å². The molecule has 2 N–H and O–H groups in total. The van der Waals surface area contributed by atoms with Gasteiger partial charge in [0, 0.05) is 12.1 Å². The highest BCUT2D eigenvalue weighted by atomic mass is 31.2. The Morgan fingerprint density at radius 1 is 1.18 bits per heavy atom. The number of nitro groups is 1. The fourth-order valence-electron chi connectivity index (χ4n) is 2.09. The van der Waals surface area contributed by atoms with Crippen LogP contribution in [-0.2, 0) is 13.9 Å². The molecule has 0 bridgehead atoms. The standard InChI is InChI=1S/C17H17N2O8P/c1-11-5-3-4-6-15(11)17(22)27-28(25,18-12(2)16(20)21)26-14-9-7-13(8-10-14)19(23)24/h3-10,12H,1-2H3,(H,18,25)(H,20,21)/t12-,28?/m0/s1. The highest BCUT2D eigenvalue weighted by molar-refractivity contribution is 7.52. The monoisotopic (exact) mass is 408 g/mol. The van der Waals surface area contributed by atoms with Crippen LogP contribution in [0.25, 0.3) is 0 Å². The van der Waals surface area contributed by atoms with E-state index >= 15 is 0 Å². The molecule has 0 aliphatic heterocycles. The number of aliphatic carboxylic acids is 1. The van der Waals surface area contributed by atoms with Gasteiger partial charge in [0.15, 0.2) is 0 Å². The molecule has 28 heavy (non-hydrogen) atoms. The minimum atomic E-state index is -4.48. The fourth-order valence-corrected chi connectivity index (χ4v) is 3.53. The maximum atomic E-state index is 13.0. The number of nitrogens with zero attached hydrogens (tertiary/aromatic N) is 1. The number of carbonyl (C=O) groups is 2. The molecule has 148 valence electrons. The summed E-state index contributed by atoms with van der Waals surface area (Å²) in [4.78, 5) is 33.6. The van der Waals surface area contributed by atoms with E-state index in [0.717, 1.165) is 24.3 Å². The van der Waals surface area contributed by atoms with Gasteiger partial charge in [-0.2, -0.15) is 5.09 Å². The minimum Gasteiger partial charge on any atom is -0.480 e. The second-order valence-electron chi connectivity index (χ2n) is 5.72. The molecule has 10 nitrogen and oxygen atoms in total. The van der Waals surface area contributed by atoms with E-state index in [4.69, 9.17) is 14.2 Å². The first kappa shape index (κ1) is 21.1. The summed E-state index contributed by atoms with van der Waals surface area (Å²) >= 11 is 0. The number of carboxylic acids is 1. The number of hydrogen-bond acceptors (Lipinski definition) is 7. The number of carbonyl (C=O) groups excluding carboxylic acids is 1. The Kier molecular flexibility index (Phi) is 6.50. The highest BCUT2D eigenvalue weighted by Crippen LogP contribution is 2.46. The maximum Gasteiger partial charge on any atom is 0.516 e. The molecule has 0 saturated heterocycles. The first-order chi connectivity index (χ1) is 13.1. The summed E-state index contributed by atoms with van der Waals surface area (Å²) in [6, 6.07) is 9.52. The fraction of sp³-hybridized carbons (Fsp3) is 0.176. The van der Waals surface area contributed by atoms with E-state index in [9.17, 15) is 24.3 Å². The van der Waals surface area contributed by atoms with E-state index in [1.54, 1.807) is 25.1 Å². The number of hydrogen-bond donors (Lipinski definition) is 2. The summed E-state index contributed by atoms with van der Waals surface area (Å²) in [6.07, 6.45) is 0. The molecule has 2 aromatic rings. The molecule has 1 unspecified atom stereocenters. The Morgan fingerprint density at radius 3 is 2.32 bits per heavy atom. The maximum absolute atomic E-state index is 13.0. The quantitative estimate of drug-likeness (QED) is 0.381. The van der Waals surface area contributed by atoms with Crippen molar-refractivity contribution >= 4 is 25.4 Å². The zero-order valence-corrected chi connectivity index (χ0v) is 15.8. The van der Waals surface area contributed by atoms with Gasteiger partial charge >= 0.3 is 19.7 Å². The number of non-ortho nitro benzene ring substituents is 1. The zero-order valence-electron chi connectivity index (χ0n) is 14.9. The van der Waals surface area contributed by atoms with E-state index < -0.39 is 30.7 Å². The topological polar surface area (TPSA) is 145 Å². The molecule has 2 rings (SSSR count). The third kappa shape index (κ3) is 5.38. The van der Waals surface area contributed by atoms with Crippen LogP contribution in [-0.4, -0.2) is 28.0 Å². The van der Waals surface area contributed by atoms with E-state index in [2.05, 4.69) is 5.09 Å². The number of nitro benzene ring substituents is 1. The minimum absolute atomic E-state index is 0.114.